The average molecular weight is 324 g/mol. The summed E-state index contributed by atoms with van der Waals surface area (Å²) >= 11 is 0. The molecule has 1 aliphatic rings. The number of nitrogens with zero attached hydrogens (tertiary/aromatic N) is 4. The van der Waals surface area contributed by atoms with Gasteiger partial charge >= 0.3 is 0 Å². The number of hydrogen-bond donors (Lipinski definition) is 0. The second kappa shape index (κ2) is 5.70. The molecule has 0 amide bonds. The summed E-state index contributed by atoms with van der Waals surface area (Å²) in [6.07, 6.45) is 4.88. The molecule has 3 aromatic heterocycles. The van der Waals surface area contributed by atoms with Gasteiger partial charge < -0.3 is 9.40 Å². The maximum Gasteiger partial charge on any atom is 0.167 e. The fourth-order valence-corrected chi connectivity index (χ4v) is 3.24. The summed E-state index contributed by atoms with van der Waals surface area (Å²) in [7, 11) is 0. The molecule has 0 radical (unpaired) electrons. The van der Waals surface area contributed by atoms with Gasteiger partial charge in [-0.25, -0.2) is 4.39 Å². The molecule has 5 nitrogen and oxygen atoms in total. The van der Waals surface area contributed by atoms with Crippen molar-refractivity contribution in [3.8, 4) is 0 Å². The van der Waals surface area contributed by atoms with Crippen molar-refractivity contribution in [3.05, 3.63) is 59.9 Å². The second-order valence-corrected chi connectivity index (χ2v) is 6.08. The molecule has 0 aromatic carbocycles. The second-order valence-electron chi connectivity index (χ2n) is 6.08. The quantitative estimate of drug-likeness (QED) is 0.741. The molecule has 0 saturated heterocycles. The van der Waals surface area contributed by atoms with Crippen LogP contribution in [0.5, 0.6) is 0 Å². The Bertz CT molecular complexity index is 919. The standard InChI is InChI=1S/C18H17FN4O/c1-11-17(12(2)24-22-11)13-7-16-18(21-8-13)15(19)10-23(16)9-14-5-3-4-6-20-14/h3-8,10,12,17H,9H2,1-2H3. The zero-order valence-corrected chi connectivity index (χ0v) is 13.5. The molecule has 0 bridgehead atoms. The Hall–Kier alpha value is -2.76. The molecule has 0 N–H and O–H groups in total. The van der Waals surface area contributed by atoms with E-state index in [1.807, 2.05) is 42.7 Å². The highest BCUT2D eigenvalue weighted by molar-refractivity contribution is 5.91. The van der Waals surface area contributed by atoms with Crippen LogP contribution in [0.15, 0.2) is 48.0 Å². The first-order valence-electron chi connectivity index (χ1n) is 7.88. The van der Waals surface area contributed by atoms with Gasteiger partial charge in [0.15, 0.2) is 5.82 Å². The molecule has 0 fully saturated rings. The van der Waals surface area contributed by atoms with Crippen LogP contribution in [0.25, 0.3) is 11.0 Å². The van der Waals surface area contributed by atoms with Gasteiger partial charge in [0.1, 0.15) is 11.6 Å². The van der Waals surface area contributed by atoms with Gasteiger partial charge in [-0.1, -0.05) is 11.2 Å². The van der Waals surface area contributed by atoms with Gasteiger partial charge in [-0.3, -0.25) is 9.97 Å². The van der Waals surface area contributed by atoms with E-state index in [1.54, 1.807) is 12.4 Å². The van der Waals surface area contributed by atoms with E-state index in [2.05, 4.69) is 15.1 Å². The summed E-state index contributed by atoms with van der Waals surface area (Å²) in [5.74, 6) is -0.281. The van der Waals surface area contributed by atoms with Crippen LogP contribution in [-0.4, -0.2) is 26.4 Å². The zero-order chi connectivity index (χ0) is 16.7. The minimum atomic E-state index is -0.325. The van der Waals surface area contributed by atoms with E-state index in [4.69, 9.17) is 4.84 Å². The fraction of sp³-hybridized carbons (Fsp3) is 0.278. The summed E-state index contributed by atoms with van der Waals surface area (Å²) < 4.78 is 16.1. The van der Waals surface area contributed by atoms with E-state index in [1.165, 1.54) is 6.20 Å². The Labute approximate surface area is 138 Å². The molecule has 2 atom stereocenters. The topological polar surface area (TPSA) is 52.3 Å². The number of rotatable bonds is 3. The van der Waals surface area contributed by atoms with Crippen molar-refractivity contribution in [3.63, 3.8) is 0 Å². The van der Waals surface area contributed by atoms with Crippen molar-refractivity contribution in [1.29, 1.82) is 0 Å². The van der Waals surface area contributed by atoms with Crippen molar-refractivity contribution >= 4 is 16.7 Å². The van der Waals surface area contributed by atoms with Crippen molar-refractivity contribution < 1.29 is 9.23 Å². The van der Waals surface area contributed by atoms with Gasteiger partial charge in [-0.15, -0.1) is 0 Å². The van der Waals surface area contributed by atoms with Gasteiger partial charge in [-0.05, 0) is 37.6 Å². The molecule has 4 heterocycles. The van der Waals surface area contributed by atoms with E-state index < -0.39 is 0 Å². The smallest absolute Gasteiger partial charge is 0.167 e. The molecule has 1 aliphatic heterocycles. The maximum absolute atomic E-state index is 14.2. The van der Waals surface area contributed by atoms with E-state index in [0.29, 0.717) is 12.1 Å². The minimum Gasteiger partial charge on any atom is -0.392 e. The highest BCUT2D eigenvalue weighted by Crippen LogP contribution is 2.31. The molecule has 3 aromatic rings. The normalized spacial score (nSPS) is 20.2. The van der Waals surface area contributed by atoms with Crippen LogP contribution in [0, 0.1) is 5.82 Å². The number of pyridine rings is 2. The first kappa shape index (κ1) is 14.8. The molecule has 0 aliphatic carbocycles. The summed E-state index contributed by atoms with van der Waals surface area (Å²) in [4.78, 5) is 14.0. The Kier molecular flexibility index (Phi) is 3.52. The summed E-state index contributed by atoms with van der Waals surface area (Å²) in [6, 6.07) is 7.68. The fourth-order valence-electron chi connectivity index (χ4n) is 3.24. The third kappa shape index (κ3) is 2.44. The van der Waals surface area contributed by atoms with E-state index in [0.717, 1.165) is 22.5 Å². The van der Waals surface area contributed by atoms with E-state index in [-0.39, 0.29) is 17.8 Å². The van der Waals surface area contributed by atoms with E-state index >= 15 is 0 Å². The summed E-state index contributed by atoms with van der Waals surface area (Å²) in [6.45, 7) is 4.41. The summed E-state index contributed by atoms with van der Waals surface area (Å²) in [5.41, 5.74) is 3.88. The van der Waals surface area contributed by atoms with Gasteiger partial charge in [0.2, 0.25) is 0 Å². The number of fused-ring (bicyclic) bond motifs is 1. The Morgan fingerprint density at radius 1 is 1.29 bits per heavy atom. The lowest BCUT2D eigenvalue weighted by molar-refractivity contribution is 0.0904. The van der Waals surface area contributed by atoms with Crippen LogP contribution < -0.4 is 0 Å². The molecule has 24 heavy (non-hydrogen) atoms. The number of hydrogen-bond acceptors (Lipinski definition) is 4. The average Bonchev–Trinajstić information content (AvgIpc) is 3.08. The SMILES string of the molecule is CC1=NOC(C)C1c1cnc2c(F)cn(Cc3ccccn3)c2c1. The van der Waals surface area contributed by atoms with Crippen molar-refractivity contribution in [2.45, 2.75) is 32.4 Å². The largest absolute Gasteiger partial charge is 0.392 e. The number of halogens is 1. The zero-order valence-electron chi connectivity index (χ0n) is 13.5. The maximum atomic E-state index is 14.2. The molecular formula is C18H17FN4O. The molecule has 4 rings (SSSR count). The van der Waals surface area contributed by atoms with Crippen LogP contribution in [0.4, 0.5) is 4.39 Å². The minimum absolute atomic E-state index is 0.0446. The van der Waals surface area contributed by atoms with Crippen molar-refractivity contribution in [2.24, 2.45) is 5.16 Å². The molecule has 122 valence electrons. The van der Waals surface area contributed by atoms with Crippen LogP contribution >= 0.6 is 0 Å². The predicted molar refractivity (Wildman–Crippen MR) is 89.4 cm³/mol. The van der Waals surface area contributed by atoms with E-state index in [9.17, 15) is 4.39 Å². The van der Waals surface area contributed by atoms with Crippen LogP contribution in [0.1, 0.15) is 31.0 Å². The molecular weight excluding hydrogens is 307 g/mol. The van der Waals surface area contributed by atoms with Crippen LogP contribution in [0.2, 0.25) is 0 Å². The van der Waals surface area contributed by atoms with Gasteiger partial charge in [0.05, 0.1) is 29.4 Å². The molecule has 6 heteroatoms. The third-order valence-electron chi connectivity index (χ3n) is 4.39. The van der Waals surface area contributed by atoms with Crippen molar-refractivity contribution in [2.75, 3.05) is 0 Å². The lowest BCUT2D eigenvalue weighted by atomic mass is 9.92. The van der Waals surface area contributed by atoms with Gasteiger partial charge in [0.25, 0.3) is 0 Å². The third-order valence-corrected chi connectivity index (χ3v) is 4.39. The van der Waals surface area contributed by atoms with Crippen LogP contribution in [-0.2, 0) is 11.4 Å². The lowest BCUT2D eigenvalue weighted by Gasteiger charge is -2.14. The number of oxime groups is 1. The highest BCUT2D eigenvalue weighted by atomic mass is 19.1. The molecule has 2 unspecified atom stereocenters. The Morgan fingerprint density at radius 3 is 2.88 bits per heavy atom. The molecule has 0 saturated carbocycles. The Balaban J connectivity index is 1.78. The van der Waals surface area contributed by atoms with Crippen LogP contribution in [0.3, 0.4) is 0 Å². The van der Waals surface area contributed by atoms with Gasteiger partial charge in [0, 0.05) is 18.6 Å². The predicted octanol–water partition coefficient (Wildman–Crippen LogP) is 3.50. The molecule has 0 spiro atoms. The Morgan fingerprint density at radius 2 is 2.17 bits per heavy atom. The number of aromatic nitrogens is 3. The first-order valence-corrected chi connectivity index (χ1v) is 7.88. The summed E-state index contributed by atoms with van der Waals surface area (Å²) in [5, 5.41) is 4.05. The first-order chi connectivity index (χ1) is 11.6. The highest BCUT2D eigenvalue weighted by Gasteiger charge is 2.30. The van der Waals surface area contributed by atoms with Crippen molar-refractivity contribution in [1.82, 2.24) is 14.5 Å². The lowest BCUT2D eigenvalue weighted by Crippen LogP contribution is -2.17. The monoisotopic (exact) mass is 324 g/mol. The van der Waals surface area contributed by atoms with Gasteiger partial charge in [-0.2, -0.15) is 0 Å².